The number of amides is 1. The Morgan fingerprint density at radius 1 is 1.21 bits per heavy atom. The average molecular weight is 411 g/mol. The number of halogens is 3. The molecule has 1 amide bonds. The summed E-state index contributed by atoms with van der Waals surface area (Å²) in [5.41, 5.74) is -1.08. The number of rotatable bonds is 8. The van der Waals surface area contributed by atoms with E-state index in [4.69, 9.17) is 0 Å². The van der Waals surface area contributed by atoms with Gasteiger partial charge in [0.1, 0.15) is 17.8 Å². The molecule has 4 N–H and O–H groups in total. The van der Waals surface area contributed by atoms with Gasteiger partial charge >= 0.3 is 0 Å². The van der Waals surface area contributed by atoms with Gasteiger partial charge in [-0.2, -0.15) is 0 Å². The van der Waals surface area contributed by atoms with Gasteiger partial charge in [-0.1, -0.05) is 0 Å². The number of hydrogen-bond donors (Lipinski definition) is 4. The normalized spacial score (nSPS) is 12.6. The fraction of sp³-hybridized carbons (Fsp3) is 0.421. The number of alkyl halides is 1. The molecule has 0 aliphatic heterocycles. The summed E-state index contributed by atoms with van der Waals surface area (Å²) in [6.45, 7) is 5.93. The van der Waals surface area contributed by atoms with Crippen molar-refractivity contribution in [2.45, 2.75) is 45.5 Å². The van der Waals surface area contributed by atoms with E-state index in [1.54, 1.807) is 0 Å². The van der Waals surface area contributed by atoms with E-state index in [2.05, 4.69) is 25.9 Å². The number of nitrogens with zero attached hydrogens (tertiary/aromatic N) is 2. The molecule has 0 aliphatic carbocycles. The van der Waals surface area contributed by atoms with Crippen LogP contribution in [-0.2, 0) is 0 Å². The first-order valence-corrected chi connectivity index (χ1v) is 8.96. The van der Waals surface area contributed by atoms with Crippen molar-refractivity contribution in [2.24, 2.45) is 0 Å². The molecule has 0 saturated heterocycles. The van der Waals surface area contributed by atoms with Gasteiger partial charge < -0.3 is 21.1 Å². The Morgan fingerprint density at radius 2 is 1.90 bits per heavy atom. The quantitative estimate of drug-likeness (QED) is 0.533. The average Bonchev–Trinajstić information content (AvgIpc) is 2.60. The Labute approximate surface area is 166 Å². The van der Waals surface area contributed by atoms with Crippen LogP contribution in [0.2, 0.25) is 0 Å². The lowest BCUT2D eigenvalue weighted by Gasteiger charge is -2.23. The fourth-order valence-electron chi connectivity index (χ4n) is 2.29. The van der Waals surface area contributed by atoms with E-state index in [1.807, 2.05) is 13.8 Å². The molecule has 1 unspecified atom stereocenters. The number of aliphatic hydroxyl groups is 1. The lowest BCUT2D eigenvalue weighted by atomic mass is 10.0. The zero-order valence-electron chi connectivity index (χ0n) is 16.6. The lowest BCUT2D eigenvalue weighted by Crippen LogP contribution is -2.42. The van der Waals surface area contributed by atoms with Crippen molar-refractivity contribution in [1.82, 2.24) is 15.3 Å². The SMILES string of the molecule is CC(C)Nc1cc(Nc2ncc(F)cc2F)ncc1C(=O)NCC(F)C(C)(C)O. The van der Waals surface area contributed by atoms with E-state index in [-0.39, 0.29) is 29.8 Å². The molecule has 0 aliphatic rings. The minimum Gasteiger partial charge on any atom is -0.387 e. The van der Waals surface area contributed by atoms with Gasteiger partial charge in [0.2, 0.25) is 0 Å². The molecule has 0 aromatic carbocycles. The second-order valence-electron chi connectivity index (χ2n) is 7.35. The molecule has 1 atom stereocenters. The van der Waals surface area contributed by atoms with Gasteiger partial charge in [0.05, 0.1) is 29.6 Å². The van der Waals surface area contributed by atoms with Crippen LogP contribution < -0.4 is 16.0 Å². The predicted molar refractivity (Wildman–Crippen MR) is 104 cm³/mol. The van der Waals surface area contributed by atoms with Crippen LogP contribution in [-0.4, -0.2) is 45.3 Å². The zero-order valence-corrected chi connectivity index (χ0v) is 16.6. The van der Waals surface area contributed by atoms with Crippen molar-refractivity contribution < 1.29 is 23.1 Å². The summed E-state index contributed by atoms with van der Waals surface area (Å²) in [5.74, 6) is -2.36. The minimum absolute atomic E-state index is 0.0530. The molecule has 0 spiro atoms. The molecule has 158 valence electrons. The van der Waals surface area contributed by atoms with Gasteiger partial charge in [-0.3, -0.25) is 4.79 Å². The van der Waals surface area contributed by atoms with Crippen LogP contribution in [0.15, 0.2) is 24.5 Å². The number of hydrogen-bond acceptors (Lipinski definition) is 6. The van der Waals surface area contributed by atoms with Crippen molar-refractivity contribution >= 4 is 23.2 Å². The van der Waals surface area contributed by atoms with E-state index in [1.165, 1.54) is 26.1 Å². The Hall–Kier alpha value is -2.88. The number of carbonyl (C=O) groups is 1. The first-order valence-electron chi connectivity index (χ1n) is 8.96. The number of nitrogens with one attached hydrogen (secondary N) is 3. The molecule has 29 heavy (non-hydrogen) atoms. The highest BCUT2D eigenvalue weighted by atomic mass is 19.1. The number of aromatic nitrogens is 2. The topological polar surface area (TPSA) is 99.2 Å². The molecule has 7 nitrogen and oxygen atoms in total. The Bertz CT molecular complexity index is 871. The molecule has 2 aromatic rings. The standard InChI is InChI=1S/C19H24F3N5O2/c1-10(2)26-14-6-16(27-17-13(21)5-11(20)7-24-17)23-8-12(14)18(28)25-9-15(22)19(3,4)29/h5-8,10,15,29H,9H2,1-4H3,(H,25,28)(H2,23,24,26,27). The van der Waals surface area contributed by atoms with Gasteiger partial charge in [-0.05, 0) is 27.7 Å². The predicted octanol–water partition coefficient (Wildman–Crippen LogP) is 3.16. The third-order valence-corrected chi connectivity index (χ3v) is 3.86. The van der Waals surface area contributed by atoms with Crippen LogP contribution in [0.25, 0.3) is 0 Å². The van der Waals surface area contributed by atoms with Crippen LogP contribution in [0.5, 0.6) is 0 Å². The van der Waals surface area contributed by atoms with Crippen LogP contribution in [0, 0.1) is 11.6 Å². The van der Waals surface area contributed by atoms with Gasteiger partial charge in [0.25, 0.3) is 5.91 Å². The van der Waals surface area contributed by atoms with E-state index in [0.717, 1.165) is 6.20 Å². The fourth-order valence-corrected chi connectivity index (χ4v) is 2.29. The summed E-state index contributed by atoms with van der Waals surface area (Å²) < 4.78 is 40.7. The summed E-state index contributed by atoms with van der Waals surface area (Å²) in [7, 11) is 0. The second kappa shape index (κ2) is 9.08. The second-order valence-corrected chi connectivity index (χ2v) is 7.35. The van der Waals surface area contributed by atoms with Gasteiger partial charge in [0, 0.05) is 24.4 Å². The number of pyridine rings is 2. The Balaban J connectivity index is 2.23. The molecular formula is C19H24F3N5O2. The molecule has 0 radical (unpaired) electrons. The van der Waals surface area contributed by atoms with E-state index in [9.17, 15) is 23.1 Å². The van der Waals surface area contributed by atoms with Crippen molar-refractivity contribution in [3.63, 3.8) is 0 Å². The van der Waals surface area contributed by atoms with Gasteiger partial charge in [-0.25, -0.2) is 23.1 Å². The summed E-state index contributed by atoms with van der Waals surface area (Å²) >= 11 is 0. The maximum Gasteiger partial charge on any atom is 0.255 e. The molecule has 0 bridgehead atoms. The van der Waals surface area contributed by atoms with Crippen LogP contribution in [0.3, 0.4) is 0 Å². The summed E-state index contributed by atoms with van der Waals surface area (Å²) in [6.07, 6.45) is 0.437. The number of anilines is 3. The molecule has 2 aromatic heterocycles. The highest BCUT2D eigenvalue weighted by Gasteiger charge is 2.27. The Kier molecular flexibility index (Phi) is 7.02. The zero-order chi connectivity index (χ0) is 21.8. The summed E-state index contributed by atoms with van der Waals surface area (Å²) in [5, 5.41) is 17.7. The highest BCUT2D eigenvalue weighted by molar-refractivity contribution is 5.99. The first kappa shape index (κ1) is 22.4. The maximum absolute atomic E-state index is 13.9. The van der Waals surface area contributed by atoms with Crippen molar-refractivity contribution in [1.29, 1.82) is 0 Å². The third-order valence-electron chi connectivity index (χ3n) is 3.86. The van der Waals surface area contributed by atoms with E-state index >= 15 is 0 Å². The smallest absolute Gasteiger partial charge is 0.255 e. The molecule has 2 rings (SSSR count). The maximum atomic E-state index is 13.9. The van der Waals surface area contributed by atoms with Crippen LogP contribution in [0.4, 0.5) is 30.5 Å². The summed E-state index contributed by atoms with van der Waals surface area (Å²) in [6, 6.07) is 2.09. The monoisotopic (exact) mass is 411 g/mol. The first-order chi connectivity index (χ1) is 13.5. The van der Waals surface area contributed by atoms with E-state index in [0.29, 0.717) is 11.8 Å². The number of carbonyl (C=O) groups excluding carboxylic acids is 1. The molecule has 0 saturated carbocycles. The minimum atomic E-state index is -1.66. The lowest BCUT2D eigenvalue weighted by molar-refractivity contribution is -0.00177. The molecule has 0 fully saturated rings. The van der Waals surface area contributed by atoms with Crippen molar-refractivity contribution in [3.05, 3.63) is 41.7 Å². The summed E-state index contributed by atoms with van der Waals surface area (Å²) in [4.78, 5) is 20.1. The molecule has 2 heterocycles. The highest BCUT2D eigenvalue weighted by Crippen LogP contribution is 2.23. The van der Waals surface area contributed by atoms with E-state index < -0.39 is 29.3 Å². The largest absolute Gasteiger partial charge is 0.387 e. The molecular weight excluding hydrogens is 387 g/mol. The Morgan fingerprint density at radius 3 is 2.48 bits per heavy atom. The van der Waals surface area contributed by atoms with Crippen molar-refractivity contribution in [3.8, 4) is 0 Å². The van der Waals surface area contributed by atoms with Gasteiger partial charge in [-0.15, -0.1) is 0 Å². The van der Waals surface area contributed by atoms with Gasteiger partial charge in [0.15, 0.2) is 11.6 Å². The molecule has 10 heteroatoms. The third kappa shape index (κ3) is 6.31. The van der Waals surface area contributed by atoms with Crippen LogP contribution in [0.1, 0.15) is 38.1 Å². The van der Waals surface area contributed by atoms with Crippen molar-refractivity contribution in [2.75, 3.05) is 17.2 Å². The van der Waals surface area contributed by atoms with Crippen LogP contribution >= 0.6 is 0 Å².